The van der Waals surface area contributed by atoms with Crippen molar-refractivity contribution in [1.29, 1.82) is 0 Å². The van der Waals surface area contributed by atoms with Crippen molar-refractivity contribution in [2.75, 3.05) is 13.7 Å². The molecule has 1 N–H and O–H groups in total. The second kappa shape index (κ2) is 6.62. The second-order valence-electron chi connectivity index (χ2n) is 5.42. The molecule has 0 unspecified atom stereocenters. The Bertz CT molecular complexity index is 764. The van der Waals surface area contributed by atoms with E-state index in [4.69, 9.17) is 4.74 Å². The largest absolute Gasteiger partial charge is 0.496 e. The van der Waals surface area contributed by atoms with Crippen molar-refractivity contribution in [3.05, 3.63) is 65.6 Å². The molecule has 0 saturated carbocycles. The minimum absolute atomic E-state index is 0.805. The van der Waals surface area contributed by atoms with E-state index in [1.807, 2.05) is 36.7 Å². The minimum atomic E-state index is 0.805. The third-order valence-corrected chi connectivity index (χ3v) is 3.81. The molecule has 0 aliphatic carbocycles. The maximum absolute atomic E-state index is 5.42. The van der Waals surface area contributed by atoms with E-state index >= 15 is 0 Å². The number of rotatable bonds is 6. The highest BCUT2D eigenvalue weighted by Gasteiger charge is 2.04. The van der Waals surface area contributed by atoms with Crippen molar-refractivity contribution in [3.63, 3.8) is 0 Å². The number of aromatic nitrogens is 2. The first-order valence-corrected chi connectivity index (χ1v) is 7.53. The Morgan fingerprint density at radius 2 is 2.14 bits per heavy atom. The molecule has 2 heterocycles. The molecule has 22 heavy (non-hydrogen) atoms. The zero-order chi connectivity index (χ0) is 15.4. The van der Waals surface area contributed by atoms with Crippen molar-refractivity contribution >= 4 is 5.65 Å². The van der Waals surface area contributed by atoms with Crippen molar-refractivity contribution in [2.24, 2.45) is 0 Å². The Hall–Kier alpha value is -2.33. The van der Waals surface area contributed by atoms with E-state index in [1.54, 1.807) is 7.11 Å². The molecule has 0 atom stereocenters. The first-order valence-electron chi connectivity index (χ1n) is 7.53. The predicted molar refractivity (Wildman–Crippen MR) is 88.3 cm³/mol. The molecular weight excluding hydrogens is 274 g/mol. The quantitative estimate of drug-likeness (QED) is 0.711. The van der Waals surface area contributed by atoms with E-state index in [9.17, 15) is 0 Å². The summed E-state index contributed by atoms with van der Waals surface area (Å²) in [4.78, 5) is 4.40. The van der Waals surface area contributed by atoms with Gasteiger partial charge in [0, 0.05) is 12.7 Å². The van der Waals surface area contributed by atoms with Crippen molar-refractivity contribution < 1.29 is 4.74 Å². The molecule has 0 amide bonds. The highest BCUT2D eigenvalue weighted by atomic mass is 16.5. The molecule has 0 aliphatic heterocycles. The topological polar surface area (TPSA) is 38.6 Å². The van der Waals surface area contributed by atoms with Crippen LogP contribution in [0.4, 0.5) is 0 Å². The normalized spacial score (nSPS) is 11.0. The zero-order valence-corrected chi connectivity index (χ0v) is 13.0. The summed E-state index contributed by atoms with van der Waals surface area (Å²) in [7, 11) is 1.72. The van der Waals surface area contributed by atoms with Gasteiger partial charge in [-0.1, -0.05) is 23.8 Å². The minimum Gasteiger partial charge on any atom is -0.496 e. The molecule has 0 saturated heterocycles. The fourth-order valence-electron chi connectivity index (χ4n) is 2.66. The predicted octanol–water partition coefficient (Wildman–Crippen LogP) is 2.98. The highest BCUT2D eigenvalue weighted by Crippen LogP contribution is 2.19. The lowest BCUT2D eigenvalue weighted by Crippen LogP contribution is -2.18. The summed E-state index contributed by atoms with van der Waals surface area (Å²) in [6.07, 6.45) is 4.92. The summed E-state index contributed by atoms with van der Waals surface area (Å²) in [5.74, 6) is 0.960. The van der Waals surface area contributed by atoms with E-state index < -0.39 is 0 Å². The van der Waals surface area contributed by atoms with E-state index in [1.165, 1.54) is 16.8 Å². The van der Waals surface area contributed by atoms with E-state index in [0.29, 0.717) is 0 Å². The number of pyridine rings is 1. The van der Waals surface area contributed by atoms with Gasteiger partial charge >= 0.3 is 0 Å². The SMILES string of the molecule is COc1ccc(C)cc1CCNCc1cnc2ccccn12. The Balaban J connectivity index is 1.59. The Morgan fingerprint density at radius 1 is 1.23 bits per heavy atom. The molecule has 4 nitrogen and oxygen atoms in total. The van der Waals surface area contributed by atoms with Crippen LogP contribution in [0.25, 0.3) is 5.65 Å². The van der Waals surface area contributed by atoms with Crippen LogP contribution >= 0.6 is 0 Å². The number of hydrogen-bond donors (Lipinski definition) is 1. The molecule has 114 valence electrons. The summed E-state index contributed by atoms with van der Waals surface area (Å²) in [5.41, 5.74) is 4.66. The van der Waals surface area contributed by atoms with Crippen LogP contribution in [0, 0.1) is 6.92 Å². The number of ether oxygens (including phenoxy) is 1. The van der Waals surface area contributed by atoms with Crippen LogP contribution in [0.15, 0.2) is 48.8 Å². The second-order valence-corrected chi connectivity index (χ2v) is 5.42. The lowest BCUT2D eigenvalue weighted by atomic mass is 10.1. The van der Waals surface area contributed by atoms with Crippen molar-refractivity contribution in [1.82, 2.24) is 14.7 Å². The van der Waals surface area contributed by atoms with Gasteiger partial charge in [0.25, 0.3) is 0 Å². The Kier molecular flexibility index (Phi) is 4.39. The van der Waals surface area contributed by atoms with Gasteiger partial charge in [-0.3, -0.25) is 0 Å². The number of fused-ring (bicyclic) bond motifs is 1. The van der Waals surface area contributed by atoms with Crippen LogP contribution in [-0.4, -0.2) is 23.0 Å². The number of hydrogen-bond acceptors (Lipinski definition) is 3. The van der Waals surface area contributed by atoms with Crippen molar-refractivity contribution in [2.45, 2.75) is 19.9 Å². The molecular formula is C18H21N3O. The van der Waals surface area contributed by atoms with Gasteiger partial charge in [0.1, 0.15) is 11.4 Å². The number of aryl methyl sites for hydroxylation is 1. The van der Waals surface area contributed by atoms with Gasteiger partial charge in [-0.25, -0.2) is 4.98 Å². The first kappa shape index (κ1) is 14.6. The monoisotopic (exact) mass is 295 g/mol. The van der Waals surface area contributed by atoms with Crippen LogP contribution < -0.4 is 10.1 Å². The molecule has 0 bridgehead atoms. The third-order valence-electron chi connectivity index (χ3n) is 3.81. The zero-order valence-electron chi connectivity index (χ0n) is 13.0. The average molecular weight is 295 g/mol. The number of benzene rings is 1. The molecule has 0 spiro atoms. The number of methoxy groups -OCH3 is 1. The van der Waals surface area contributed by atoms with Crippen LogP contribution in [0.1, 0.15) is 16.8 Å². The van der Waals surface area contributed by atoms with Gasteiger partial charge in [0.15, 0.2) is 0 Å². The molecule has 0 aliphatic rings. The summed E-state index contributed by atoms with van der Waals surface area (Å²) in [5, 5.41) is 3.48. The van der Waals surface area contributed by atoms with Gasteiger partial charge in [0.05, 0.1) is 19.0 Å². The highest BCUT2D eigenvalue weighted by molar-refractivity contribution is 5.40. The lowest BCUT2D eigenvalue weighted by Gasteiger charge is -2.10. The van der Waals surface area contributed by atoms with E-state index in [0.717, 1.165) is 30.9 Å². The Morgan fingerprint density at radius 3 is 3.00 bits per heavy atom. The van der Waals surface area contributed by atoms with E-state index in [-0.39, 0.29) is 0 Å². The van der Waals surface area contributed by atoms with Crippen LogP contribution in [0.3, 0.4) is 0 Å². The number of nitrogens with zero attached hydrogens (tertiary/aromatic N) is 2. The molecule has 0 fully saturated rings. The van der Waals surface area contributed by atoms with Gasteiger partial charge < -0.3 is 14.5 Å². The summed E-state index contributed by atoms with van der Waals surface area (Å²) < 4.78 is 7.53. The van der Waals surface area contributed by atoms with Gasteiger partial charge in [0.2, 0.25) is 0 Å². The Labute approximate surface area is 130 Å². The molecule has 1 aromatic carbocycles. The molecule has 3 rings (SSSR count). The van der Waals surface area contributed by atoms with Crippen LogP contribution in [0.5, 0.6) is 5.75 Å². The summed E-state index contributed by atoms with van der Waals surface area (Å²) in [6.45, 7) is 3.81. The molecule has 0 radical (unpaired) electrons. The molecule has 2 aromatic heterocycles. The standard InChI is InChI=1S/C18H21N3O/c1-14-6-7-17(22-2)15(11-14)8-9-19-12-16-13-20-18-5-3-4-10-21(16)18/h3-7,10-11,13,19H,8-9,12H2,1-2H3. The fraction of sp³-hybridized carbons (Fsp3) is 0.278. The van der Waals surface area contributed by atoms with Crippen molar-refractivity contribution in [3.8, 4) is 5.75 Å². The maximum atomic E-state index is 5.42. The molecule has 3 aromatic rings. The lowest BCUT2D eigenvalue weighted by molar-refractivity contribution is 0.409. The van der Waals surface area contributed by atoms with Gasteiger partial charge in [-0.15, -0.1) is 0 Å². The smallest absolute Gasteiger partial charge is 0.136 e. The van der Waals surface area contributed by atoms with Crippen LogP contribution in [-0.2, 0) is 13.0 Å². The van der Waals surface area contributed by atoms with Gasteiger partial charge in [-0.05, 0) is 43.7 Å². The first-order chi connectivity index (χ1) is 10.8. The number of nitrogens with one attached hydrogen (secondary N) is 1. The molecule has 4 heteroatoms. The number of imidazole rings is 1. The third kappa shape index (κ3) is 3.12. The maximum Gasteiger partial charge on any atom is 0.136 e. The summed E-state index contributed by atoms with van der Waals surface area (Å²) >= 11 is 0. The fourth-order valence-corrected chi connectivity index (χ4v) is 2.66. The van der Waals surface area contributed by atoms with Crippen LogP contribution in [0.2, 0.25) is 0 Å². The summed E-state index contributed by atoms with van der Waals surface area (Å²) in [6, 6.07) is 12.3. The van der Waals surface area contributed by atoms with E-state index in [2.05, 4.69) is 33.8 Å². The average Bonchev–Trinajstić information content (AvgIpc) is 2.95. The van der Waals surface area contributed by atoms with Gasteiger partial charge in [-0.2, -0.15) is 0 Å².